The lowest BCUT2D eigenvalue weighted by Crippen LogP contribution is -2.48. The van der Waals surface area contributed by atoms with Crippen molar-refractivity contribution in [2.75, 3.05) is 0 Å². The van der Waals surface area contributed by atoms with Crippen LogP contribution in [-0.2, 0) is 11.3 Å². The summed E-state index contributed by atoms with van der Waals surface area (Å²) in [6.45, 7) is 2.39. The number of carbonyl (C=O) groups is 2. The summed E-state index contributed by atoms with van der Waals surface area (Å²) in [5.74, 6) is -0.0391. The third kappa shape index (κ3) is 2.19. The first-order chi connectivity index (χ1) is 9.61. The number of amides is 3. The Morgan fingerprint density at radius 2 is 1.75 bits per heavy atom. The van der Waals surface area contributed by atoms with Crippen molar-refractivity contribution in [3.63, 3.8) is 0 Å². The predicted molar refractivity (Wildman–Crippen MR) is 76.1 cm³/mol. The Kier molecular flexibility index (Phi) is 3.24. The zero-order chi connectivity index (χ0) is 14.2. The number of rotatable bonds is 2. The standard InChI is InChI=1S/C16H20N2O2/c1-12-5-7-13(8-6-12)11-18-14(19)16(17-15(18)20)9-3-2-4-10-16/h5-8H,2-4,9-11H2,1H3,(H,17,20). The fraction of sp³-hybridized carbons (Fsp3) is 0.500. The second kappa shape index (κ2) is 4.93. The molecule has 106 valence electrons. The average molecular weight is 272 g/mol. The molecule has 1 spiro atoms. The summed E-state index contributed by atoms with van der Waals surface area (Å²) in [4.78, 5) is 26.1. The highest BCUT2D eigenvalue weighted by Gasteiger charge is 2.51. The normalized spacial score (nSPS) is 21.4. The molecule has 1 heterocycles. The van der Waals surface area contributed by atoms with Crippen molar-refractivity contribution in [1.29, 1.82) is 0 Å². The lowest BCUT2D eigenvalue weighted by molar-refractivity contribution is -0.132. The highest BCUT2D eigenvalue weighted by Crippen LogP contribution is 2.34. The van der Waals surface area contributed by atoms with E-state index in [1.165, 1.54) is 10.5 Å². The Labute approximate surface area is 119 Å². The van der Waals surface area contributed by atoms with Gasteiger partial charge in [0.25, 0.3) is 5.91 Å². The van der Waals surface area contributed by atoms with Gasteiger partial charge in [-0.05, 0) is 25.3 Å². The summed E-state index contributed by atoms with van der Waals surface area (Å²) < 4.78 is 0. The summed E-state index contributed by atoms with van der Waals surface area (Å²) in [7, 11) is 0. The van der Waals surface area contributed by atoms with E-state index in [0.29, 0.717) is 6.54 Å². The van der Waals surface area contributed by atoms with Gasteiger partial charge in [-0.2, -0.15) is 0 Å². The molecule has 1 saturated carbocycles. The zero-order valence-electron chi connectivity index (χ0n) is 11.8. The molecule has 1 aliphatic heterocycles. The molecular weight excluding hydrogens is 252 g/mol. The third-order valence-corrected chi connectivity index (χ3v) is 4.41. The predicted octanol–water partition coefficient (Wildman–Crippen LogP) is 2.75. The van der Waals surface area contributed by atoms with Crippen LogP contribution < -0.4 is 5.32 Å². The van der Waals surface area contributed by atoms with Gasteiger partial charge in [0.05, 0.1) is 6.54 Å². The largest absolute Gasteiger partial charge is 0.325 e. The number of nitrogens with zero attached hydrogens (tertiary/aromatic N) is 1. The molecule has 3 amide bonds. The van der Waals surface area contributed by atoms with Crippen molar-refractivity contribution in [1.82, 2.24) is 10.2 Å². The number of imide groups is 1. The van der Waals surface area contributed by atoms with E-state index in [2.05, 4.69) is 5.32 Å². The van der Waals surface area contributed by atoms with E-state index in [1.54, 1.807) is 0 Å². The maximum atomic E-state index is 12.6. The second-order valence-corrected chi connectivity index (χ2v) is 5.95. The van der Waals surface area contributed by atoms with Crippen LogP contribution in [0.1, 0.15) is 43.2 Å². The van der Waals surface area contributed by atoms with Crippen LogP contribution in [0, 0.1) is 6.92 Å². The SMILES string of the molecule is Cc1ccc(CN2C(=O)NC3(CCCCC3)C2=O)cc1. The molecule has 0 unspecified atom stereocenters. The maximum absolute atomic E-state index is 12.6. The van der Waals surface area contributed by atoms with Crippen LogP contribution in [0.15, 0.2) is 24.3 Å². The number of hydrogen-bond donors (Lipinski definition) is 1. The van der Waals surface area contributed by atoms with Crippen molar-refractivity contribution >= 4 is 11.9 Å². The van der Waals surface area contributed by atoms with E-state index in [4.69, 9.17) is 0 Å². The first-order valence-electron chi connectivity index (χ1n) is 7.30. The third-order valence-electron chi connectivity index (χ3n) is 4.41. The van der Waals surface area contributed by atoms with Gasteiger partial charge in [-0.25, -0.2) is 4.79 Å². The molecule has 2 fully saturated rings. The van der Waals surface area contributed by atoms with Gasteiger partial charge in [0.15, 0.2) is 0 Å². The molecule has 4 heteroatoms. The molecule has 3 rings (SSSR count). The van der Waals surface area contributed by atoms with Crippen LogP contribution in [0.4, 0.5) is 4.79 Å². The summed E-state index contributed by atoms with van der Waals surface area (Å²) in [6.07, 6.45) is 4.75. The van der Waals surface area contributed by atoms with Gasteiger partial charge >= 0.3 is 6.03 Å². The number of aryl methyl sites for hydroxylation is 1. The Morgan fingerprint density at radius 3 is 2.40 bits per heavy atom. The second-order valence-electron chi connectivity index (χ2n) is 5.95. The first kappa shape index (κ1) is 13.2. The highest BCUT2D eigenvalue weighted by molar-refractivity contribution is 6.07. The fourth-order valence-corrected chi connectivity index (χ4v) is 3.19. The minimum Gasteiger partial charge on any atom is -0.323 e. The molecule has 1 aliphatic carbocycles. The number of hydrogen-bond acceptors (Lipinski definition) is 2. The molecule has 4 nitrogen and oxygen atoms in total. The minimum absolute atomic E-state index is 0.0391. The Balaban J connectivity index is 1.78. The van der Waals surface area contributed by atoms with E-state index >= 15 is 0 Å². The minimum atomic E-state index is -0.611. The molecule has 0 aromatic heterocycles. The smallest absolute Gasteiger partial charge is 0.323 e. The van der Waals surface area contributed by atoms with E-state index in [9.17, 15) is 9.59 Å². The van der Waals surface area contributed by atoms with Crippen molar-refractivity contribution in [2.24, 2.45) is 0 Å². The van der Waals surface area contributed by atoms with Crippen LogP contribution in [0.3, 0.4) is 0 Å². The summed E-state index contributed by atoms with van der Waals surface area (Å²) in [6, 6.07) is 7.72. The van der Waals surface area contributed by atoms with Gasteiger partial charge in [0, 0.05) is 0 Å². The number of urea groups is 1. The fourth-order valence-electron chi connectivity index (χ4n) is 3.19. The quantitative estimate of drug-likeness (QED) is 0.842. The van der Waals surface area contributed by atoms with Gasteiger partial charge in [0.1, 0.15) is 5.54 Å². The summed E-state index contributed by atoms with van der Waals surface area (Å²) in [5, 5.41) is 2.94. The number of benzene rings is 1. The molecule has 1 saturated heterocycles. The molecule has 0 radical (unpaired) electrons. The van der Waals surface area contributed by atoms with Crippen molar-refractivity contribution in [3.05, 3.63) is 35.4 Å². The van der Waals surface area contributed by atoms with Gasteiger partial charge < -0.3 is 5.32 Å². The summed E-state index contributed by atoms with van der Waals surface area (Å²) >= 11 is 0. The van der Waals surface area contributed by atoms with Crippen molar-refractivity contribution < 1.29 is 9.59 Å². The molecule has 1 aromatic carbocycles. The number of nitrogens with one attached hydrogen (secondary N) is 1. The van der Waals surface area contributed by atoms with Crippen LogP contribution in [0.2, 0.25) is 0 Å². The molecule has 1 aromatic rings. The van der Waals surface area contributed by atoms with Crippen LogP contribution in [-0.4, -0.2) is 22.4 Å². The Morgan fingerprint density at radius 1 is 1.10 bits per heavy atom. The van der Waals surface area contributed by atoms with Crippen LogP contribution in [0.25, 0.3) is 0 Å². The molecule has 0 atom stereocenters. The molecular formula is C16H20N2O2. The maximum Gasteiger partial charge on any atom is 0.325 e. The molecule has 0 bridgehead atoms. The number of carbonyl (C=O) groups excluding carboxylic acids is 2. The van der Waals surface area contributed by atoms with E-state index in [-0.39, 0.29) is 11.9 Å². The highest BCUT2D eigenvalue weighted by atomic mass is 16.2. The zero-order valence-corrected chi connectivity index (χ0v) is 11.8. The monoisotopic (exact) mass is 272 g/mol. The van der Waals surface area contributed by atoms with Gasteiger partial charge in [-0.1, -0.05) is 49.1 Å². The van der Waals surface area contributed by atoms with Crippen LogP contribution >= 0.6 is 0 Å². The van der Waals surface area contributed by atoms with Crippen molar-refractivity contribution in [2.45, 2.75) is 51.1 Å². The Bertz CT molecular complexity index is 530. The molecule has 20 heavy (non-hydrogen) atoms. The molecule has 1 N–H and O–H groups in total. The van der Waals surface area contributed by atoms with Crippen molar-refractivity contribution in [3.8, 4) is 0 Å². The summed E-state index contributed by atoms with van der Waals surface area (Å²) in [5.41, 5.74) is 1.56. The van der Waals surface area contributed by atoms with E-state index < -0.39 is 5.54 Å². The average Bonchev–Trinajstić information content (AvgIpc) is 2.67. The lowest BCUT2D eigenvalue weighted by Gasteiger charge is -2.30. The van der Waals surface area contributed by atoms with Crippen LogP contribution in [0.5, 0.6) is 0 Å². The van der Waals surface area contributed by atoms with Gasteiger partial charge in [-0.3, -0.25) is 9.69 Å². The van der Waals surface area contributed by atoms with E-state index in [0.717, 1.165) is 37.7 Å². The van der Waals surface area contributed by atoms with E-state index in [1.807, 2.05) is 31.2 Å². The van der Waals surface area contributed by atoms with Gasteiger partial charge in [-0.15, -0.1) is 0 Å². The Hall–Kier alpha value is -1.84. The van der Waals surface area contributed by atoms with Gasteiger partial charge in [0.2, 0.25) is 0 Å². The first-order valence-corrected chi connectivity index (χ1v) is 7.30. The lowest BCUT2D eigenvalue weighted by atomic mass is 9.82. The molecule has 2 aliphatic rings. The topological polar surface area (TPSA) is 49.4 Å².